The second kappa shape index (κ2) is 15.7. The van der Waals surface area contributed by atoms with Crippen LogP contribution in [-0.4, -0.2) is 24.0 Å². The van der Waals surface area contributed by atoms with Gasteiger partial charge in [0.2, 0.25) is 11.8 Å². The average Bonchev–Trinajstić information content (AvgIpc) is 3.10. The minimum absolute atomic E-state index is 0.00117. The summed E-state index contributed by atoms with van der Waals surface area (Å²) in [6.45, 7) is 4.49. The zero-order valence-corrected chi connectivity index (χ0v) is 29.2. The number of hydrogen-bond donors (Lipinski definition) is 2. The summed E-state index contributed by atoms with van der Waals surface area (Å²) in [5.74, 6) is 2.12. The fraction of sp³-hybridized carbons (Fsp3) is 0.525. The van der Waals surface area contributed by atoms with Crippen LogP contribution in [0.15, 0.2) is 58.4 Å². The van der Waals surface area contributed by atoms with Crippen LogP contribution in [0.4, 0.5) is 17.1 Å². The van der Waals surface area contributed by atoms with Gasteiger partial charge in [0.05, 0.1) is 24.2 Å². The number of nitrogens with zero attached hydrogens (tertiary/aromatic N) is 1. The zero-order valence-electron chi connectivity index (χ0n) is 28.4. The van der Waals surface area contributed by atoms with Gasteiger partial charge in [-0.25, -0.2) is 4.99 Å². The Hall–Kier alpha value is -3.32. The van der Waals surface area contributed by atoms with Crippen LogP contribution in [0.3, 0.4) is 0 Å². The molecule has 6 nitrogen and oxygen atoms in total. The Balaban J connectivity index is 1.28. The minimum Gasteiger partial charge on any atom is -0.494 e. The Morgan fingerprint density at radius 1 is 0.787 bits per heavy atom. The highest BCUT2D eigenvalue weighted by atomic mass is 32.2. The molecule has 7 heteroatoms. The minimum atomic E-state index is -0.00558. The predicted molar refractivity (Wildman–Crippen MR) is 196 cm³/mol. The molecule has 3 aromatic carbocycles. The number of carbonyl (C=O) groups is 2. The smallest absolute Gasteiger partial charge is 0.227 e. The van der Waals surface area contributed by atoms with Gasteiger partial charge in [0.1, 0.15) is 10.8 Å². The Labute approximate surface area is 284 Å². The normalized spacial score (nSPS) is 22.4. The number of unbranched alkanes of at least 4 members (excludes halogenated alkanes) is 2. The number of amides is 2. The first-order valence-corrected chi connectivity index (χ1v) is 18.9. The maximum atomic E-state index is 13.8. The monoisotopic (exact) mass is 653 g/mol. The molecule has 0 unspecified atom stereocenters. The number of carbonyl (C=O) groups excluding carboxylic acids is 2. The van der Waals surface area contributed by atoms with Crippen molar-refractivity contribution in [1.82, 2.24) is 0 Å². The van der Waals surface area contributed by atoms with Crippen molar-refractivity contribution < 1.29 is 14.3 Å². The number of hydrogen-bond acceptors (Lipinski definition) is 5. The maximum Gasteiger partial charge on any atom is 0.227 e. The third-order valence-electron chi connectivity index (χ3n) is 10.7. The van der Waals surface area contributed by atoms with E-state index in [9.17, 15) is 9.59 Å². The number of methoxy groups -OCH3 is 1. The van der Waals surface area contributed by atoms with E-state index < -0.39 is 0 Å². The average molecular weight is 654 g/mol. The van der Waals surface area contributed by atoms with Gasteiger partial charge in [-0.3, -0.25) is 9.59 Å². The van der Waals surface area contributed by atoms with E-state index in [-0.39, 0.29) is 23.7 Å². The molecule has 0 aromatic heterocycles. The zero-order chi connectivity index (χ0) is 32.8. The summed E-state index contributed by atoms with van der Waals surface area (Å²) in [6.07, 6.45) is 15.7. The fourth-order valence-corrected chi connectivity index (χ4v) is 8.93. The summed E-state index contributed by atoms with van der Waals surface area (Å²) in [5, 5.41) is 9.63. The molecule has 1 heterocycles. The number of ether oxygens (including phenoxy) is 1. The van der Waals surface area contributed by atoms with Crippen molar-refractivity contribution in [2.24, 2.45) is 28.7 Å². The van der Waals surface area contributed by atoms with Gasteiger partial charge in [0.15, 0.2) is 0 Å². The van der Waals surface area contributed by atoms with Crippen LogP contribution in [0, 0.1) is 23.7 Å². The number of thioether (sulfide) groups is 1. The summed E-state index contributed by atoms with van der Waals surface area (Å²) in [7, 11) is 1.62. The topological polar surface area (TPSA) is 79.8 Å². The van der Waals surface area contributed by atoms with Gasteiger partial charge in [-0.1, -0.05) is 88.4 Å². The molecule has 3 aromatic rings. The predicted octanol–water partition coefficient (Wildman–Crippen LogP) is 10.9. The Morgan fingerprint density at radius 3 is 1.94 bits per heavy atom. The van der Waals surface area contributed by atoms with Gasteiger partial charge < -0.3 is 15.4 Å². The van der Waals surface area contributed by atoms with Gasteiger partial charge in [0.25, 0.3) is 0 Å². The van der Waals surface area contributed by atoms with Gasteiger partial charge in [-0.05, 0) is 86.8 Å². The molecule has 2 aliphatic carbocycles. The highest BCUT2D eigenvalue weighted by Gasteiger charge is 2.30. The Bertz CT molecular complexity index is 1600. The first kappa shape index (κ1) is 33.6. The van der Waals surface area contributed by atoms with E-state index in [1.54, 1.807) is 18.9 Å². The maximum absolute atomic E-state index is 13.8. The lowest BCUT2D eigenvalue weighted by molar-refractivity contribution is -0.121. The van der Waals surface area contributed by atoms with Crippen LogP contribution < -0.4 is 15.4 Å². The molecule has 2 N–H and O–H groups in total. The second-order valence-electron chi connectivity index (χ2n) is 13.9. The van der Waals surface area contributed by atoms with Crippen molar-refractivity contribution in [2.75, 3.05) is 17.7 Å². The lowest BCUT2D eigenvalue weighted by Gasteiger charge is -2.29. The van der Waals surface area contributed by atoms with Crippen molar-refractivity contribution in [3.8, 4) is 5.75 Å². The summed E-state index contributed by atoms with van der Waals surface area (Å²) in [5.41, 5.74) is 3.00. The molecule has 6 rings (SSSR count). The number of aliphatic imine (C=N–C) groups is 1. The van der Waals surface area contributed by atoms with Crippen molar-refractivity contribution >= 4 is 56.5 Å². The van der Waals surface area contributed by atoms with E-state index in [1.807, 2.05) is 24.3 Å². The Kier molecular flexibility index (Phi) is 11.2. The van der Waals surface area contributed by atoms with E-state index in [4.69, 9.17) is 9.73 Å². The molecule has 0 saturated heterocycles. The van der Waals surface area contributed by atoms with E-state index in [1.165, 1.54) is 38.5 Å². The van der Waals surface area contributed by atoms with E-state index in [2.05, 4.69) is 48.7 Å². The Morgan fingerprint density at radius 2 is 1.36 bits per heavy atom. The molecule has 0 atom stereocenters. The van der Waals surface area contributed by atoms with Crippen LogP contribution in [-0.2, 0) is 9.59 Å². The first-order chi connectivity index (χ1) is 23.0. The number of nitrogens with one attached hydrogen (secondary N) is 2. The van der Waals surface area contributed by atoms with E-state index in [0.717, 1.165) is 95.2 Å². The quantitative estimate of drug-likeness (QED) is 0.204. The molecule has 2 amide bonds. The molecule has 0 spiro atoms. The number of rotatable bonds is 12. The first-order valence-electron chi connectivity index (χ1n) is 18.1. The van der Waals surface area contributed by atoms with Crippen LogP contribution in [0.2, 0.25) is 0 Å². The van der Waals surface area contributed by atoms with Crippen molar-refractivity contribution in [3.63, 3.8) is 0 Å². The third kappa shape index (κ3) is 7.88. The van der Waals surface area contributed by atoms with Crippen molar-refractivity contribution in [3.05, 3.63) is 54.1 Å². The molecular formula is C40H51N3O3S. The standard InChI is InChI=1S/C40H51N3O3S/c1-4-6-10-26-16-20-29(21-17-26)38(44)41-33-25-35(46-3)34(42-39(45)30-22-18-27(19-23-30)11-7-5-2)24-31(33)40-43-32-14-8-12-28-13-9-15-36(47-40)37(28)32/h8-9,12-15,24-27,29-30H,4-7,10-11,16-23H2,1-3H3,(H,41,44)(H,42,45). The largest absolute Gasteiger partial charge is 0.494 e. The van der Waals surface area contributed by atoms with Crippen molar-refractivity contribution in [1.29, 1.82) is 0 Å². The van der Waals surface area contributed by atoms with Crippen LogP contribution in [0.5, 0.6) is 5.75 Å². The molecule has 0 radical (unpaired) electrons. The molecule has 2 saturated carbocycles. The molecule has 47 heavy (non-hydrogen) atoms. The van der Waals surface area contributed by atoms with Crippen LogP contribution in [0.1, 0.15) is 109 Å². The highest BCUT2D eigenvalue weighted by Crippen LogP contribution is 2.45. The van der Waals surface area contributed by atoms with Crippen LogP contribution in [0.25, 0.3) is 10.8 Å². The fourth-order valence-electron chi connectivity index (χ4n) is 7.83. The number of anilines is 2. The number of benzene rings is 3. The molecule has 2 fully saturated rings. The lowest BCUT2D eigenvalue weighted by Crippen LogP contribution is -2.28. The second-order valence-corrected chi connectivity index (χ2v) is 15.0. The molecule has 1 aliphatic heterocycles. The molecule has 250 valence electrons. The van der Waals surface area contributed by atoms with Gasteiger partial charge >= 0.3 is 0 Å². The molecule has 3 aliphatic rings. The van der Waals surface area contributed by atoms with Gasteiger partial charge in [-0.15, -0.1) is 0 Å². The SMILES string of the molecule is CCCCC1CCC(C(=O)Nc2cc(C3=Nc4cccc5cccc(c45)S3)c(NC(=O)C3CCC(CCCC)CC3)cc2OC)CC1. The van der Waals surface area contributed by atoms with Crippen molar-refractivity contribution in [2.45, 2.75) is 109 Å². The van der Waals surface area contributed by atoms with Gasteiger partial charge in [-0.2, -0.15) is 0 Å². The highest BCUT2D eigenvalue weighted by molar-refractivity contribution is 8.14. The van der Waals surface area contributed by atoms with E-state index >= 15 is 0 Å². The summed E-state index contributed by atoms with van der Waals surface area (Å²) in [4.78, 5) is 33.6. The summed E-state index contributed by atoms with van der Waals surface area (Å²) < 4.78 is 5.85. The van der Waals surface area contributed by atoms with Gasteiger partial charge in [0, 0.05) is 33.7 Å². The van der Waals surface area contributed by atoms with Crippen LogP contribution >= 0.6 is 11.8 Å². The summed E-state index contributed by atoms with van der Waals surface area (Å²) in [6, 6.07) is 16.4. The summed E-state index contributed by atoms with van der Waals surface area (Å²) >= 11 is 1.61. The molecular weight excluding hydrogens is 603 g/mol. The van der Waals surface area contributed by atoms with E-state index in [0.29, 0.717) is 17.1 Å². The third-order valence-corrected chi connectivity index (χ3v) is 11.8. The lowest BCUT2D eigenvalue weighted by atomic mass is 9.79. The molecule has 0 bridgehead atoms.